The van der Waals surface area contributed by atoms with Crippen LogP contribution in [-0.4, -0.2) is 46.0 Å². The smallest absolute Gasteiger partial charge is 0.352 e. The highest BCUT2D eigenvalue weighted by molar-refractivity contribution is 7.86. The summed E-state index contributed by atoms with van der Waals surface area (Å²) < 4.78 is 53.0. The Morgan fingerprint density at radius 1 is 1.00 bits per heavy atom. The maximum Gasteiger partial charge on any atom is 0.417 e. The Kier molecular flexibility index (Phi) is 10.3. The lowest BCUT2D eigenvalue weighted by molar-refractivity contribution is -0.137. The van der Waals surface area contributed by atoms with Crippen LogP contribution in [-0.2, 0) is 31.4 Å². The van der Waals surface area contributed by atoms with Crippen molar-refractivity contribution in [2.45, 2.75) is 51.2 Å². The summed E-state index contributed by atoms with van der Waals surface area (Å²) in [6.45, 7) is 1.31. The second kappa shape index (κ2) is 13.2. The van der Waals surface area contributed by atoms with Crippen molar-refractivity contribution in [3.05, 3.63) is 58.6 Å². The number of halogens is 4. The van der Waals surface area contributed by atoms with E-state index in [2.05, 4.69) is 10.6 Å². The van der Waals surface area contributed by atoms with Gasteiger partial charge in [0.1, 0.15) is 18.1 Å². The summed E-state index contributed by atoms with van der Waals surface area (Å²) in [6.07, 6.45) is -0.279. The van der Waals surface area contributed by atoms with Crippen LogP contribution < -0.4 is 15.5 Å². The van der Waals surface area contributed by atoms with E-state index in [4.69, 9.17) is 11.6 Å². The molecule has 3 amide bonds. The van der Waals surface area contributed by atoms with Gasteiger partial charge in [-0.05, 0) is 50.1 Å². The van der Waals surface area contributed by atoms with Crippen molar-refractivity contribution in [1.29, 1.82) is 0 Å². The summed E-state index contributed by atoms with van der Waals surface area (Å²) in [5, 5.41) is 4.85. The number of benzene rings is 2. The molecule has 0 aliphatic heterocycles. The number of anilines is 2. The second-order valence-corrected chi connectivity index (χ2v) is 11.1. The Balaban J connectivity index is 1.73. The summed E-state index contributed by atoms with van der Waals surface area (Å²) in [6, 6.07) is 9.70. The zero-order chi connectivity index (χ0) is 27.9. The Bertz CT molecular complexity index is 1190. The predicted octanol–water partition coefficient (Wildman–Crippen LogP) is 4.84. The molecule has 1 fully saturated rings. The van der Waals surface area contributed by atoms with Gasteiger partial charge in [0.15, 0.2) is 0 Å². The molecule has 0 spiro atoms. The summed E-state index contributed by atoms with van der Waals surface area (Å²) in [7, 11) is -1.98. The third-order valence-corrected chi connectivity index (χ3v) is 7.53. The van der Waals surface area contributed by atoms with E-state index in [0.29, 0.717) is 11.8 Å². The van der Waals surface area contributed by atoms with Crippen LogP contribution in [0.4, 0.5) is 24.5 Å². The molecule has 0 bridgehead atoms. The van der Waals surface area contributed by atoms with Gasteiger partial charge in [0.25, 0.3) is 0 Å². The molecule has 1 saturated carbocycles. The lowest BCUT2D eigenvalue weighted by Gasteiger charge is -2.27. The highest BCUT2D eigenvalue weighted by Gasteiger charge is 2.34. The largest absolute Gasteiger partial charge is 0.417 e. The summed E-state index contributed by atoms with van der Waals surface area (Å²) in [5.41, 5.74) is 0.0961. The van der Waals surface area contributed by atoms with Crippen molar-refractivity contribution in [1.82, 2.24) is 5.32 Å². The van der Waals surface area contributed by atoms with Gasteiger partial charge in [-0.1, -0.05) is 48.6 Å². The highest BCUT2D eigenvalue weighted by atomic mass is 35.5. The van der Waals surface area contributed by atoms with E-state index in [0.717, 1.165) is 48.6 Å². The monoisotopic (exact) mass is 571 g/mol. The molecule has 0 aromatic heterocycles. The van der Waals surface area contributed by atoms with Gasteiger partial charge in [-0.2, -0.15) is 13.2 Å². The summed E-state index contributed by atoms with van der Waals surface area (Å²) in [4.78, 5) is 39.0. The van der Waals surface area contributed by atoms with E-state index in [-0.39, 0.29) is 11.7 Å². The van der Waals surface area contributed by atoms with Crippen molar-refractivity contribution in [2.24, 2.45) is 0 Å². The number of nitrogens with zero attached hydrogens (tertiary/aromatic N) is 1. The maximum atomic E-state index is 13.5. The Hall–Kier alpha value is -2.92. The van der Waals surface area contributed by atoms with Gasteiger partial charge in [0, 0.05) is 28.2 Å². The van der Waals surface area contributed by atoms with Crippen LogP contribution in [0.15, 0.2) is 42.5 Å². The van der Waals surface area contributed by atoms with E-state index < -0.39 is 63.3 Å². The van der Waals surface area contributed by atoms with Crippen LogP contribution in [0.25, 0.3) is 0 Å². The van der Waals surface area contributed by atoms with Crippen LogP contribution in [0.5, 0.6) is 0 Å². The number of rotatable bonds is 9. The Morgan fingerprint density at radius 3 is 2.29 bits per heavy atom. The lowest BCUT2D eigenvalue weighted by atomic mass is 9.95. The van der Waals surface area contributed by atoms with Gasteiger partial charge < -0.3 is 15.5 Å². The van der Waals surface area contributed by atoms with E-state index in [1.165, 1.54) is 6.07 Å². The zero-order valence-corrected chi connectivity index (χ0v) is 22.3. The molecule has 38 heavy (non-hydrogen) atoms. The number of carbonyl (C=O) groups is 3. The van der Waals surface area contributed by atoms with Crippen LogP contribution in [0.2, 0.25) is 5.02 Å². The van der Waals surface area contributed by atoms with Crippen molar-refractivity contribution in [3.63, 3.8) is 0 Å². The highest BCUT2D eigenvalue weighted by Crippen LogP contribution is 2.37. The van der Waals surface area contributed by atoms with Crippen molar-refractivity contribution in [3.8, 4) is 0 Å². The third kappa shape index (κ3) is 8.83. The molecule has 1 atom stereocenters. The minimum Gasteiger partial charge on any atom is -0.352 e. The molecule has 2 aromatic rings. The Labute approximate surface area is 226 Å². The van der Waals surface area contributed by atoms with E-state index in [1.807, 2.05) is 6.92 Å². The number of hydrogen-bond donors (Lipinski definition) is 2. The fourth-order valence-corrected chi connectivity index (χ4v) is 5.26. The fourth-order valence-electron chi connectivity index (χ4n) is 4.13. The predicted molar refractivity (Wildman–Crippen MR) is 142 cm³/mol. The van der Waals surface area contributed by atoms with Gasteiger partial charge in [-0.15, -0.1) is 0 Å². The first kappa shape index (κ1) is 29.6. The summed E-state index contributed by atoms with van der Waals surface area (Å²) >= 11 is 5.72. The topological polar surface area (TPSA) is 95.6 Å². The van der Waals surface area contributed by atoms with Crippen LogP contribution in [0.3, 0.4) is 0 Å². The van der Waals surface area contributed by atoms with E-state index in [9.17, 15) is 31.8 Å². The molecule has 0 heterocycles. The van der Waals surface area contributed by atoms with Gasteiger partial charge in [0.05, 0.1) is 10.6 Å². The summed E-state index contributed by atoms with van der Waals surface area (Å²) in [5.74, 6) is -3.16. The zero-order valence-electron chi connectivity index (χ0n) is 20.8. The minimum absolute atomic E-state index is 0.0799. The second-order valence-electron chi connectivity index (χ2n) is 9.19. The van der Waals surface area contributed by atoms with Crippen molar-refractivity contribution < 1.29 is 31.8 Å². The average molecular weight is 572 g/mol. The van der Waals surface area contributed by atoms with Gasteiger partial charge in [0.2, 0.25) is 17.7 Å². The lowest BCUT2D eigenvalue weighted by Crippen LogP contribution is -2.46. The van der Waals surface area contributed by atoms with E-state index in [1.54, 1.807) is 24.3 Å². The molecule has 1 aliphatic carbocycles. The quantitative estimate of drug-likeness (QED) is 0.450. The fraction of sp³-hybridized carbons (Fsp3) is 0.423. The Morgan fingerprint density at radius 2 is 1.66 bits per heavy atom. The molecule has 2 N–H and O–H groups in total. The number of nitrogens with one attached hydrogen (secondary N) is 2. The molecule has 3 rings (SSSR count). The molecular formula is C26H29ClF3N3O4S. The molecule has 2 aromatic carbocycles. The van der Waals surface area contributed by atoms with Crippen LogP contribution >= 0.6 is 11.6 Å². The average Bonchev–Trinajstić information content (AvgIpc) is 2.84. The number of amides is 3. The first-order valence-corrected chi connectivity index (χ1v) is 14.0. The molecule has 7 nitrogen and oxygen atoms in total. The van der Waals surface area contributed by atoms with Gasteiger partial charge >= 0.3 is 6.18 Å². The molecule has 1 aliphatic rings. The number of aryl methyl sites for hydroxylation is 1. The number of hydrogen-bond acceptors (Lipinski definition) is 4. The number of carbonyl (C=O) groups excluding carboxylic acids is 3. The molecule has 12 heteroatoms. The first-order chi connectivity index (χ1) is 17.9. The van der Waals surface area contributed by atoms with Crippen molar-refractivity contribution in [2.75, 3.05) is 28.3 Å². The van der Waals surface area contributed by atoms with Gasteiger partial charge in [-0.3, -0.25) is 18.6 Å². The first-order valence-electron chi connectivity index (χ1n) is 12.1. The molecule has 206 valence electrons. The SMILES string of the molecule is Cc1ccc(NC(=O)CS(=O)CC(=O)N(CC(=O)NC2CCCCC2)c2ccc(Cl)c(C(F)(F)F)c2)cc1. The number of alkyl halides is 3. The van der Waals surface area contributed by atoms with Crippen LogP contribution in [0, 0.1) is 6.92 Å². The molecular weight excluding hydrogens is 543 g/mol. The molecule has 0 saturated heterocycles. The maximum absolute atomic E-state index is 13.5. The normalized spacial score (nSPS) is 15.0. The molecule has 0 radical (unpaired) electrons. The molecule has 1 unspecified atom stereocenters. The van der Waals surface area contributed by atoms with E-state index >= 15 is 0 Å². The van der Waals surface area contributed by atoms with Gasteiger partial charge in [-0.25, -0.2) is 0 Å². The third-order valence-electron chi connectivity index (χ3n) is 6.05. The minimum atomic E-state index is -4.79. The standard InChI is InChI=1S/C26H29ClF3N3O4S/c1-17-7-9-19(10-8-17)32-24(35)15-38(37)16-25(36)33(14-23(34)31-18-5-3-2-4-6-18)20-11-12-22(27)21(13-20)26(28,29)30/h7-13,18H,2-6,14-16H2,1H3,(H,31,34)(H,32,35). The van der Waals surface area contributed by atoms with Crippen molar-refractivity contribution >= 4 is 51.5 Å². The van der Waals surface area contributed by atoms with Crippen LogP contribution in [0.1, 0.15) is 43.2 Å².